The number of nitrogens with zero attached hydrogens (tertiary/aromatic N) is 3. The van der Waals surface area contributed by atoms with Gasteiger partial charge in [-0.1, -0.05) is 20.3 Å². The quantitative estimate of drug-likeness (QED) is 0.893. The lowest BCUT2D eigenvalue weighted by Crippen LogP contribution is -2.42. The number of rotatable bonds is 3. The second-order valence-corrected chi connectivity index (χ2v) is 5.49. The molecule has 0 amide bonds. The first-order chi connectivity index (χ1) is 8.63. The van der Waals surface area contributed by atoms with Crippen LogP contribution in [0.4, 0.5) is 11.6 Å². The Morgan fingerprint density at radius 3 is 2.83 bits per heavy atom. The predicted molar refractivity (Wildman–Crippen MR) is 75.6 cm³/mol. The highest BCUT2D eigenvalue weighted by Crippen LogP contribution is 2.30. The van der Waals surface area contributed by atoms with E-state index in [1.807, 2.05) is 0 Å². The summed E-state index contributed by atoms with van der Waals surface area (Å²) >= 11 is 0. The number of aromatic nitrogens is 2. The zero-order valence-electron chi connectivity index (χ0n) is 11.7. The molecule has 0 aromatic carbocycles. The average Bonchev–Trinajstić information content (AvgIpc) is 2.35. The van der Waals surface area contributed by atoms with E-state index in [0.717, 1.165) is 36.7 Å². The fourth-order valence-electron chi connectivity index (χ4n) is 2.74. The largest absolute Gasteiger partial charge is 0.383 e. The molecule has 1 aromatic rings. The smallest absolute Gasteiger partial charge is 0.137 e. The minimum Gasteiger partial charge on any atom is -0.383 e. The molecule has 4 nitrogen and oxygen atoms in total. The molecule has 2 unspecified atom stereocenters. The number of piperidine rings is 1. The van der Waals surface area contributed by atoms with Gasteiger partial charge in [0.25, 0.3) is 0 Å². The maximum atomic E-state index is 6.02. The van der Waals surface area contributed by atoms with Gasteiger partial charge in [-0.2, -0.15) is 0 Å². The number of nitrogens with two attached hydrogens (primary N) is 1. The Morgan fingerprint density at radius 1 is 1.33 bits per heavy atom. The summed E-state index contributed by atoms with van der Waals surface area (Å²) < 4.78 is 0. The average molecular weight is 248 g/mol. The summed E-state index contributed by atoms with van der Waals surface area (Å²) in [5.41, 5.74) is 7.14. The second kappa shape index (κ2) is 5.55. The van der Waals surface area contributed by atoms with Gasteiger partial charge in [0.05, 0.1) is 0 Å². The number of hydrogen-bond acceptors (Lipinski definition) is 4. The van der Waals surface area contributed by atoms with E-state index in [2.05, 4.69) is 35.6 Å². The van der Waals surface area contributed by atoms with Crippen molar-refractivity contribution in [3.05, 3.63) is 11.9 Å². The lowest BCUT2D eigenvalue weighted by Gasteiger charge is -2.38. The van der Waals surface area contributed by atoms with Gasteiger partial charge in [-0.15, -0.1) is 0 Å². The van der Waals surface area contributed by atoms with Crippen LogP contribution in [0, 0.1) is 5.92 Å². The van der Waals surface area contributed by atoms with Crippen molar-refractivity contribution in [2.45, 2.75) is 52.5 Å². The Bertz CT molecular complexity index is 405. The highest BCUT2D eigenvalue weighted by molar-refractivity contribution is 5.57. The predicted octanol–water partition coefficient (Wildman–Crippen LogP) is 2.64. The zero-order chi connectivity index (χ0) is 13.1. The van der Waals surface area contributed by atoms with Crippen molar-refractivity contribution in [1.82, 2.24) is 9.97 Å². The van der Waals surface area contributed by atoms with Crippen LogP contribution in [0.2, 0.25) is 0 Å². The molecule has 0 saturated carbocycles. The topological polar surface area (TPSA) is 55.0 Å². The molecule has 0 radical (unpaired) electrons. The van der Waals surface area contributed by atoms with E-state index in [-0.39, 0.29) is 0 Å². The zero-order valence-corrected chi connectivity index (χ0v) is 11.7. The lowest BCUT2D eigenvalue weighted by molar-refractivity contribution is 0.387. The van der Waals surface area contributed by atoms with Gasteiger partial charge < -0.3 is 10.6 Å². The van der Waals surface area contributed by atoms with Crippen LogP contribution in [0.15, 0.2) is 6.33 Å². The molecule has 2 heterocycles. The first-order valence-electron chi connectivity index (χ1n) is 6.99. The third kappa shape index (κ3) is 2.57. The Kier molecular flexibility index (Phi) is 4.04. The first-order valence-corrected chi connectivity index (χ1v) is 6.99. The lowest BCUT2D eigenvalue weighted by atomic mass is 9.94. The second-order valence-electron chi connectivity index (χ2n) is 5.49. The normalized spacial score (nSPS) is 24.3. The molecule has 0 aliphatic carbocycles. The molecular formula is C14H24N4. The number of nitrogen functional groups attached to an aromatic ring is 1. The van der Waals surface area contributed by atoms with E-state index in [4.69, 9.17) is 5.73 Å². The molecule has 18 heavy (non-hydrogen) atoms. The molecule has 100 valence electrons. The van der Waals surface area contributed by atoms with Crippen LogP contribution < -0.4 is 10.6 Å². The van der Waals surface area contributed by atoms with Gasteiger partial charge in [0, 0.05) is 18.2 Å². The summed E-state index contributed by atoms with van der Waals surface area (Å²) in [5.74, 6) is 2.43. The number of anilines is 2. The molecule has 0 spiro atoms. The summed E-state index contributed by atoms with van der Waals surface area (Å²) in [7, 11) is 0. The van der Waals surface area contributed by atoms with Crippen molar-refractivity contribution in [3.8, 4) is 0 Å². The fraction of sp³-hybridized carbons (Fsp3) is 0.714. The molecule has 1 aliphatic heterocycles. The van der Waals surface area contributed by atoms with E-state index in [0.29, 0.717) is 11.9 Å². The molecule has 2 N–H and O–H groups in total. The standard InChI is InChI=1S/C14H24N4/c1-4-5-12-13(15)16-9-17-14(12)18-8-10(2)6-7-11(18)3/h9-11H,4-8H2,1-3H3,(H2,15,16,17). The van der Waals surface area contributed by atoms with E-state index in [9.17, 15) is 0 Å². The maximum absolute atomic E-state index is 6.02. The van der Waals surface area contributed by atoms with Gasteiger partial charge in [0.2, 0.25) is 0 Å². The van der Waals surface area contributed by atoms with E-state index in [1.54, 1.807) is 6.33 Å². The maximum Gasteiger partial charge on any atom is 0.137 e. The van der Waals surface area contributed by atoms with Gasteiger partial charge >= 0.3 is 0 Å². The highest BCUT2D eigenvalue weighted by Gasteiger charge is 2.26. The van der Waals surface area contributed by atoms with E-state index >= 15 is 0 Å². The van der Waals surface area contributed by atoms with Crippen LogP contribution in [-0.2, 0) is 6.42 Å². The molecule has 1 fully saturated rings. The Labute approximate surface area is 110 Å². The highest BCUT2D eigenvalue weighted by atomic mass is 15.2. The SMILES string of the molecule is CCCc1c(N)ncnc1N1CC(C)CCC1C. The Morgan fingerprint density at radius 2 is 2.11 bits per heavy atom. The third-order valence-corrected chi connectivity index (χ3v) is 3.85. The van der Waals surface area contributed by atoms with Crippen molar-refractivity contribution in [2.24, 2.45) is 5.92 Å². The minimum atomic E-state index is 0.547. The summed E-state index contributed by atoms with van der Waals surface area (Å²) in [6.45, 7) is 7.83. The van der Waals surface area contributed by atoms with Crippen molar-refractivity contribution in [2.75, 3.05) is 17.2 Å². The van der Waals surface area contributed by atoms with Gasteiger partial charge in [-0.05, 0) is 32.1 Å². The molecule has 1 aliphatic rings. The van der Waals surface area contributed by atoms with Crippen molar-refractivity contribution in [1.29, 1.82) is 0 Å². The van der Waals surface area contributed by atoms with Gasteiger partial charge in [0.1, 0.15) is 18.0 Å². The van der Waals surface area contributed by atoms with Crippen LogP contribution in [0.3, 0.4) is 0 Å². The van der Waals surface area contributed by atoms with Gasteiger partial charge in [-0.25, -0.2) is 9.97 Å². The summed E-state index contributed by atoms with van der Waals surface area (Å²) in [6, 6.07) is 0.547. The Balaban J connectivity index is 2.33. The van der Waals surface area contributed by atoms with Gasteiger partial charge in [0.15, 0.2) is 0 Å². The van der Waals surface area contributed by atoms with Crippen LogP contribution in [0.25, 0.3) is 0 Å². The third-order valence-electron chi connectivity index (χ3n) is 3.85. The number of hydrogen-bond donors (Lipinski definition) is 1. The monoisotopic (exact) mass is 248 g/mol. The fourth-order valence-corrected chi connectivity index (χ4v) is 2.74. The molecule has 2 atom stereocenters. The van der Waals surface area contributed by atoms with Gasteiger partial charge in [-0.3, -0.25) is 0 Å². The van der Waals surface area contributed by atoms with Crippen LogP contribution in [0.5, 0.6) is 0 Å². The summed E-state index contributed by atoms with van der Waals surface area (Å²) in [6.07, 6.45) is 6.16. The minimum absolute atomic E-state index is 0.547. The molecule has 0 bridgehead atoms. The summed E-state index contributed by atoms with van der Waals surface area (Å²) in [5, 5.41) is 0. The molecular weight excluding hydrogens is 224 g/mol. The van der Waals surface area contributed by atoms with Crippen LogP contribution in [-0.4, -0.2) is 22.6 Å². The van der Waals surface area contributed by atoms with Crippen molar-refractivity contribution < 1.29 is 0 Å². The molecule has 4 heteroatoms. The first kappa shape index (κ1) is 13.1. The van der Waals surface area contributed by atoms with Crippen LogP contribution in [0.1, 0.15) is 45.6 Å². The molecule has 1 aromatic heterocycles. The van der Waals surface area contributed by atoms with Crippen LogP contribution >= 0.6 is 0 Å². The van der Waals surface area contributed by atoms with E-state index in [1.165, 1.54) is 12.8 Å². The Hall–Kier alpha value is -1.32. The molecule has 2 rings (SSSR count). The van der Waals surface area contributed by atoms with E-state index < -0.39 is 0 Å². The molecule has 1 saturated heterocycles. The summed E-state index contributed by atoms with van der Waals surface area (Å²) in [4.78, 5) is 11.1. The van der Waals surface area contributed by atoms with Crippen molar-refractivity contribution in [3.63, 3.8) is 0 Å². The van der Waals surface area contributed by atoms with Crippen molar-refractivity contribution >= 4 is 11.6 Å².